The molecule has 0 bridgehead atoms. The van der Waals surface area contributed by atoms with Crippen molar-refractivity contribution in [1.29, 1.82) is 0 Å². The Bertz CT molecular complexity index is 540. The molecular formula is C14H15FN2O. The first-order valence-corrected chi connectivity index (χ1v) is 5.74. The molecule has 0 aliphatic heterocycles. The van der Waals surface area contributed by atoms with Gasteiger partial charge in [-0.25, -0.2) is 4.39 Å². The molecular weight excluding hydrogens is 231 g/mol. The summed E-state index contributed by atoms with van der Waals surface area (Å²) in [5.41, 5.74) is 2.29. The summed E-state index contributed by atoms with van der Waals surface area (Å²) in [6, 6.07) is 7.50. The van der Waals surface area contributed by atoms with Crippen LogP contribution < -0.4 is 5.32 Å². The van der Waals surface area contributed by atoms with Crippen LogP contribution in [-0.4, -0.2) is 10.1 Å². The normalized spacial score (nSPS) is 12.2. The minimum atomic E-state index is -0.363. The van der Waals surface area contributed by atoms with E-state index in [1.807, 2.05) is 26.0 Å². The van der Waals surface area contributed by atoms with Crippen LogP contribution in [0.3, 0.4) is 0 Å². The highest BCUT2D eigenvalue weighted by molar-refractivity contribution is 5.46. The van der Waals surface area contributed by atoms with E-state index in [-0.39, 0.29) is 17.6 Å². The molecule has 3 nitrogen and oxygen atoms in total. The number of pyridine rings is 1. The zero-order chi connectivity index (χ0) is 13.1. The van der Waals surface area contributed by atoms with Crippen LogP contribution in [0.15, 0.2) is 36.5 Å². The van der Waals surface area contributed by atoms with Gasteiger partial charge in [0.15, 0.2) is 0 Å². The van der Waals surface area contributed by atoms with Gasteiger partial charge in [-0.3, -0.25) is 4.98 Å². The van der Waals surface area contributed by atoms with Crippen LogP contribution in [0, 0.1) is 12.7 Å². The fourth-order valence-corrected chi connectivity index (χ4v) is 1.75. The summed E-state index contributed by atoms with van der Waals surface area (Å²) in [5, 5.41) is 12.9. The average molecular weight is 246 g/mol. The van der Waals surface area contributed by atoms with Crippen molar-refractivity contribution >= 4 is 5.69 Å². The Labute approximate surface area is 105 Å². The predicted octanol–water partition coefficient (Wildman–Crippen LogP) is 3.41. The number of rotatable bonds is 3. The van der Waals surface area contributed by atoms with Gasteiger partial charge in [-0.1, -0.05) is 0 Å². The highest BCUT2D eigenvalue weighted by Gasteiger charge is 2.11. The van der Waals surface area contributed by atoms with E-state index >= 15 is 0 Å². The maximum absolute atomic E-state index is 13.1. The minimum Gasteiger partial charge on any atom is -0.508 e. The maximum Gasteiger partial charge on any atom is 0.123 e. The molecule has 18 heavy (non-hydrogen) atoms. The van der Waals surface area contributed by atoms with Gasteiger partial charge in [0, 0.05) is 11.3 Å². The third-order valence-corrected chi connectivity index (χ3v) is 2.75. The van der Waals surface area contributed by atoms with Crippen LogP contribution in [0.1, 0.15) is 24.2 Å². The van der Waals surface area contributed by atoms with Gasteiger partial charge in [0.25, 0.3) is 0 Å². The summed E-state index contributed by atoms with van der Waals surface area (Å²) in [4.78, 5) is 4.17. The molecule has 94 valence electrons. The van der Waals surface area contributed by atoms with Gasteiger partial charge in [-0.2, -0.15) is 0 Å². The van der Waals surface area contributed by atoms with Crippen molar-refractivity contribution < 1.29 is 9.50 Å². The fourth-order valence-electron chi connectivity index (χ4n) is 1.75. The largest absolute Gasteiger partial charge is 0.508 e. The molecule has 1 unspecified atom stereocenters. The summed E-state index contributed by atoms with van der Waals surface area (Å²) in [5.74, 6) is -0.282. The molecule has 0 radical (unpaired) electrons. The van der Waals surface area contributed by atoms with E-state index in [2.05, 4.69) is 10.3 Å². The summed E-state index contributed by atoms with van der Waals surface area (Å²) >= 11 is 0. The number of phenolic OH excluding ortho intramolecular Hbond substituents is 1. The zero-order valence-electron chi connectivity index (χ0n) is 10.3. The highest BCUT2D eigenvalue weighted by Crippen LogP contribution is 2.27. The maximum atomic E-state index is 13.1. The lowest BCUT2D eigenvalue weighted by atomic mass is 10.1. The van der Waals surface area contributed by atoms with E-state index in [1.165, 1.54) is 18.2 Å². The van der Waals surface area contributed by atoms with Crippen LogP contribution >= 0.6 is 0 Å². The Kier molecular flexibility index (Phi) is 3.46. The van der Waals surface area contributed by atoms with E-state index in [0.29, 0.717) is 5.56 Å². The van der Waals surface area contributed by atoms with E-state index in [4.69, 9.17) is 0 Å². The highest BCUT2D eigenvalue weighted by atomic mass is 19.1. The van der Waals surface area contributed by atoms with E-state index in [1.54, 1.807) is 6.20 Å². The summed E-state index contributed by atoms with van der Waals surface area (Å²) in [6.07, 6.45) is 1.71. The van der Waals surface area contributed by atoms with E-state index in [9.17, 15) is 9.50 Å². The molecule has 2 rings (SSSR count). The number of phenols is 1. The lowest BCUT2D eigenvalue weighted by molar-refractivity contribution is 0.462. The number of benzene rings is 1. The number of halogens is 1. The molecule has 1 aromatic carbocycles. The second-order valence-corrected chi connectivity index (χ2v) is 4.26. The molecule has 1 heterocycles. The van der Waals surface area contributed by atoms with Crippen LogP contribution in [-0.2, 0) is 0 Å². The number of hydrogen-bond acceptors (Lipinski definition) is 3. The first-order valence-electron chi connectivity index (χ1n) is 5.74. The van der Waals surface area contributed by atoms with Crippen LogP contribution in [0.5, 0.6) is 5.75 Å². The van der Waals surface area contributed by atoms with Gasteiger partial charge in [0.2, 0.25) is 0 Å². The predicted molar refractivity (Wildman–Crippen MR) is 69.1 cm³/mol. The number of aromatic hydroxyl groups is 1. The first-order chi connectivity index (χ1) is 8.56. The second kappa shape index (κ2) is 5.04. The topological polar surface area (TPSA) is 45.1 Å². The van der Waals surface area contributed by atoms with Gasteiger partial charge >= 0.3 is 0 Å². The molecule has 0 saturated carbocycles. The lowest BCUT2D eigenvalue weighted by Gasteiger charge is -2.16. The van der Waals surface area contributed by atoms with Crippen molar-refractivity contribution in [3.8, 4) is 5.75 Å². The van der Waals surface area contributed by atoms with Gasteiger partial charge in [-0.05, 0) is 44.2 Å². The standard InChI is InChI=1S/C14H15FN2O/c1-9-3-5-12(8-16-9)17-10(2)13-7-11(15)4-6-14(13)18/h3-8,10,17-18H,1-2H3. The third-order valence-electron chi connectivity index (χ3n) is 2.75. The molecule has 0 saturated heterocycles. The number of anilines is 1. The van der Waals surface area contributed by atoms with Crippen molar-refractivity contribution in [3.05, 3.63) is 53.6 Å². The SMILES string of the molecule is Cc1ccc(NC(C)c2cc(F)ccc2O)cn1. The molecule has 0 aliphatic carbocycles. The molecule has 0 aliphatic rings. The molecule has 1 atom stereocenters. The molecule has 4 heteroatoms. The van der Waals surface area contributed by atoms with Gasteiger partial charge in [0.1, 0.15) is 11.6 Å². The average Bonchev–Trinajstić information content (AvgIpc) is 2.35. The number of aromatic nitrogens is 1. The van der Waals surface area contributed by atoms with Crippen molar-refractivity contribution in [3.63, 3.8) is 0 Å². The third kappa shape index (κ3) is 2.77. The molecule has 2 aromatic rings. The minimum absolute atomic E-state index is 0.0801. The Morgan fingerprint density at radius 1 is 1.28 bits per heavy atom. The van der Waals surface area contributed by atoms with Gasteiger partial charge < -0.3 is 10.4 Å². The molecule has 2 N–H and O–H groups in total. The Morgan fingerprint density at radius 2 is 2.06 bits per heavy atom. The monoisotopic (exact) mass is 246 g/mol. The van der Waals surface area contributed by atoms with Crippen molar-refractivity contribution in [2.45, 2.75) is 19.9 Å². The molecule has 1 aromatic heterocycles. The first kappa shape index (κ1) is 12.4. The van der Waals surface area contributed by atoms with Crippen LogP contribution in [0.2, 0.25) is 0 Å². The Morgan fingerprint density at radius 3 is 2.72 bits per heavy atom. The van der Waals surface area contributed by atoms with Gasteiger partial charge in [-0.15, -0.1) is 0 Å². The number of aryl methyl sites for hydroxylation is 1. The lowest BCUT2D eigenvalue weighted by Crippen LogP contribution is -2.07. The van der Waals surface area contributed by atoms with Crippen LogP contribution in [0.25, 0.3) is 0 Å². The summed E-state index contributed by atoms with van der Waals surface area (Å²) in [6.45, 7) is 3.76. The molecule has 0 fully saturated rings. The fraction of sp³-hybridized carbons (Fsp3) is 0.214. The van der Waals surface area contributed by atoms with Crippen molar-refractivity contribution in [2.24, 2.45) is 0 Å². The Hall–Kier alpha value is -2.10. The number of nitrogens with zero attached hydrogens (tertiary/aromatic N) is 1. The second-order valence-electron chi connectivity index (χ2n) is 4.26. The summed E-state index contributed by atoms with van der Waals surface area (Å²) < 4.78 is 13.1. The number of nitrogens with one attached hydrogen (secondary N) is 1. The number of hydrogen-bond donors (Lipinski definition) is 2. The smallest absolute Gasteiger partial charge is 0.123 e. The van der Waals surface area contributed by atoms with Crippen LogP contribution in [0.4, 0.5) is 10.1 Å². The van der Waals surface area contributed by atoms with Crippen molar-refractivity contribution in [2.75, 3.05) is 5.32 Å². The van der Waals surface area contributed by atoms with E-state index in [0.717, 1.165) is 11.4 Å². The van der Waals surface area contributed by atoms with Gasteiger partial charge in [0.05, 0.1) is 17.9 Å². The zero-order valence-corrected chi connectivity index (χ0v) is 10.3. The molecule has 0 spiro atoms. The Balaban J connectivity index is 2.18. The summed E-state index contributed by atoms with van der Waals surface area (Å²) in [7, 11) is 0. The van der Waals surface area contributed by atoms with E-state index < -0.39 is 0 Å². The molecule has 0 amide bonds. The quantitative estimate of drug-likeness (QED) is 0.872. The van der Waals surface area contributed by atoms with Crippen molar-refractivity contribution in [1.82, 2.24) is 4.98 Å².